The van der Waals surface area contributed by atoms with Gasteiger partial charge in [0.2, 0.25) is 0 Å². The molecule has 0 N–H and O–H groups in total. The average molecular weight is 178 g/mol. The summed E-state index contributed by atoms with van der Waals surface area (Å²) in [7, 11) is 0. The van der Waals surface area contributed by atoms with Gasteiger partial charge in [0.25, 0.3) is 0 Å². The molecule has 0 fully saturated rings. The highest BCUT2D eigenvalue weighted by Crippen LogP contribution is 2.14. The molecule has 0 aliphatic carbocycles. The Hall–Kier alpha value is -1.01. The van der Waals surface area contributed by atoms with E-state index >= 15 is 0 Å². The van der Waals surface area contributed by atoms with Crippen LogP contribution in [-0.4, -0.2) is 0 Å². The molecule has 12 heavy (non-hydrogen) atoms. The van der Waals surface area contributed by atoms with Gasteiger partial charge < -0.3 is 12.4 Å². The summed E-state index contributed by atoms with van der Waals surface area (Å²) in [6.07, 6.45) is 0. The van der Waals surface area contributed by atoms with Crippen molar-refractivity contribution < 1.29 is 12.4 Å². The molecule has 0 saturated heterocycles. The Balaban J connectivity index is 0.000000720. The molecule has 62 valence electrons. The van der Waals surface area contributed by atoms with Gasteiger partial charge in [-0.15, -0.1) is 0 Å². The van der Waals surface area contributed by atoms with Crippen molar-refractivity contribution in [2.45, 2.75) is 6.92 Å². The molecule has 1 heteroatoms. The van der Waals surface area contributed by atoms with Crippen molar-refractivity contribution in [1.82, 2.24) is 0 Å². The van der Waals surface area contributed by atoms with Crippen LogP contribution in [0.1, 0.15) is 5.56 Å². The van der Waals surface area contributed by atoms with Crippen molar-refractivity contribution in [3.05, 3.63) is 48.0 Å². The molecular formula is C11H10Cl-. The van der Waals surface area contributed by atoms with E-state index in [4.69, 9.17) is 0 Å². The molecule has 2 rings (SSSR count). The molecule has 0 aliphatic rings. The largest absolute Gasteiger partial charge is 1.00 e. The first-order valence-corrected chi connectivity index (χ1v) is 3.82. The normalized spacial score (nSPS) is 9.42. The molecule has 0 saturated carbocycles. The second-order valence-corrected chi connectivity index (χ2v) is 2.85. The highest BCUT2D eigenvalue weighted by atomic mass is 35.5. The fourth-order valence-electron chi connectivity index (χ4n) is 1.31. The zero-order chi connectivity index (χ0) is 7.68. The van der Waals surface area contributed by atoms with E-state index in [1.54, 1.807) is 0 Å². The third-order valence-corrected chi connectivity index (χ3v) is 1.90. The summed E-state index contributed by atoms with van der Waals surface area (Å²) in [6.45, 7) is 2.12. The number of hydrogen-bond donors (Lipinski definition) is 0. The summed E-state index contributed by atoms with van der Waals surface area (Å²) in [5.74, 6) is 0. The lowest BCUT2D eigenvalue weighted by Crippen LogP contribution is -3.00. The first-order chi connectivity index (χ1) is 5.36. The molecule has 0 radical (unpaired) electrons. The van der Waals surface area contributed by atoms with Crippen LogP contribution in [0.3, 0.4) is 0 Å². The van der Waals surface area contributed by atoms with E-state index in [2.05, 4.69) is 49.4 Å². The van der Waals surface area contributed by atoms with Gasteiger partial charge in [-0.05, 0) is 17.7 Å². The lowest BCUT2D eigenvalue weighted by Gasteiger charge is -1.96. The van der Waals surface area contributed by atoms with Gasteiger partial charge in [0.15, 0.2) is 0 Å². The number of hydrogen-bond acceptors (Lipinski definition) is 0. The maximum absolute atomic E-state index is 2.20. The van der Waals surface area contributed by atoms with Crippen molar-refractivity contribution in [2.75, 3.05) is 0 Å². The van der Waals surface area contributed by atoms with Crippen LogP contribution in [0, 0.1) is 6.92 Å². The van der Waals surface area contributed by atoms with Gasteiger partial charge in [-0.2, -0.15) is 0 Å². The van der Waals surface area contributed by atoms with Crippen molar-refractivity contribution in [2.24, 2.45) is 0 Å². The van der Waals surface area contributed by atoms with Crippen LogP contribution < -0.4 is 12.4 Å². The van der Waals surface area contributed by atoms with Crippen LogP contribution in [-0.2, 0) is 0 Å². The Kier molecular flexibility index (Phi) is 2.72. The van der Waals surface area contributed by atoms with Crippen LogP contribution >= 0.6 is 0 Å². The maximum atomic E-state index is 2.20. The topological polar surface area (TPSA) is 0 Å². The summed E-state index contributed by atoms with van der Waals surface area (Å²) in [6, 6.07) is 14.9. The van der Waals surface area contributed by atoms with Gasteiger partial charge in [-0.1, -0.05) is 48.0 Å². The molecular weight excluding hydrogens is 168 g/mol. The summed E-state index contributed by atoms with van der Waals surface area (Å²) in [5.41, 5.74) is 1.32. The Morgan fingerprint density at radius 2 is 1.50 bits per heavy atom. The van der Waals surface area contributed by atoms with Crippen LogP contribution in [0.15, 0.2) is 42.5 Å². The smallest absolute Gasteiger partial charge is 0.0181 e. The molecule has 0 aromatic heterocycles. The Morgan fingerprint density at radius 1 is 0.833 bits per heavy atom. The molecule has 0 aliphatic heterocycles. The number of halogens is 1. The van der Waals surface area contributed by atoms with Gasteiger partial charge in [0.05, 0.1) is 0 Å². The second kappa shape index (κ2) is 3.59. The number of aryl methyl sites for hydroxylation is 1. The first kappa shape index (κ1) is 9.08. The molecule has 2 aromatic rings. The average Bonchev–Trinajstić information content (AvgIpc) is 2.04. The second-order valence-electron chi connectivity index (χ2n) is 2.85. The molecule has 0 heterocycles. The van der Waals surface area contributed by atoms with Gasteiger partial charge in [-0.3, -0.25) is 0 Å². The monoisotopic (exact) mass is 177 g/mol. The van der Waals surface area contributed by atoms with Crippen molar-refractivity contribution in [3.8, 4) is 0 Å². The van der Waals surface area contributed by atoms with E-state index in [9.17, 15) is 0 Å². The summed E-state index contributed by atoms with van der Waals surface area (Å²) < 4.78 is 0. The minimum atomic E-state index is 0. The lowest BCUT2D eigenvalue weighted by atomic mass is 10.1. The van der Waals surface area contributed by atoms with E-state index in [1.807, 2.05) is 0 Å². The van der Waals surface area contributed by atoms with E-state index < -0.39 is 0 Å². The quantitative estimate of drug-likeness (QED) is 0.538. The highest BCUT2D eigenvalue weighted by Gasteiger charge is 1.89. The zero-order valence-corrected chi connectivity index (χ0v) is 7.68. The van der Waals surface area contributed by atoms with E-state index in [0.717, 1.165) is 0 Å². The minimum Gasteiger partial charge on any atom is -1.00 e. The Labute approximate surface area is 78.6 Å². The van der Waals surface area contributed by atoms with Crippen LogP contribution in [0.4, 0.5) is 0 Å². The molecule has 0 spiro atoms. The van der Waals surface area contributed by atoms with Gasteiger partial charge in [-0.25, -0.2) is 0 Å². The van der Waals surface area contributed by atoms with Gasteiger partial charge in [0.1, 0.15) is 0 Å². The van der Waals surface area contributed by atoms with E-state index in [-0.39, 0.29) is 12.4 Å². The zero-order valence-electron chi connectivity index (χ0n) is 6.92. The van der Waals surface area contributed by atoms with Crippen molar-refractivity contribution >= 4 is 10.8 Å². The van der Waals surface area contributed by atoms with Crippen LogP contribution in [0.2, 0.25) is 0 Å². The third kappa shape index (κ3) is 1.59. The van der Waals surface area contributed by atoms with Crippen LogP contribution in [0.25, 0.3) is 10.8 Å². The third-order valence-electron chi connectivity index (χ3n) is 1.90. The predicted octanol–water partition coefficient (Wildman–Crippen LogP) is 0.152. The molecule has 0 unspecified atom stereocenters. The molecule has 2 aromatic carbocycles. The molecule has 0 nitrogen and oxygen atoms in total. The van der Waals surface area contributed by atoms with E-state index in [1.165, 1.54) is 16.3 Å². The Morgan fingerprint density at radius 3 is 2.25 bits per heavy atom. The lowest BCUT2D eigenvalue weighted by molar-refractivity contribution is -0.00000222. The maximum Gasteiger partial charge on any atom is -0.0181 e. The van der Waals surface area contributed by atoms with Gasteiger partial charge >= 0.3 is 0 Å². The Bertz CT molecular complexity index is 379. The summed E-state index contributed by atoms with van der Waals surface area (Å²) in [5, 5.41) is 2.64. The molecule has 0 bridgehead atoms. The minimum absolute atomic E-state index is 0. The van der Waals surface area contributed by atoms with Crippen molar-refractivity contribution in [3.63, 3.8) is 0 Å². The van der Waals surface area contributed by atoms with E-state index in [0.29, 0.717) is 0 Å². The summed E-state index contributed by atoms with van der Waals surface area (Å²) >= 11 is 0. The number of rotatable bonds is 0. The van der Waals surface area contributed by atoms with Crippen molar-refractivity contribution in [1.29, 1.82) is 0 Å². The standard InChI is InChI=1S/C11H10.ClH/c1-9-6-7-10-4-2-3-5-11(10)8-9;/h2-8H,1H3;1H/p-1. The predicted molar refractivity (Wildman–Crippen MR) is 48.7 cm³/mol. The highest BCUT2D eigenvalue weighted by molar-refractivity contribution is 5.82. The van der Waals surface area contributed by atoms with Gasteiger partial charge in [0, 0.05) is 0 Å². The summed E-state index contributed by atoms with van der Waals surface area (Å²) in [4.78, 5) is 0. The number of fused-ring (bicyclic) bond motifs is 1. The fraction of sp³-hybridized carbons (Fsp3) is 0.0909. The SMILES string of the molecule is Cc1ccc2ccccc2c1.[Cl-]. The number of benzene rings is 2. The molecule has 0 amide bonds. The first-order valence-electron chi connectivity index (χ1n) is 3.82. The van der Waals surface area contributed by atoms with Crippen LogP contribution in [0.5, 0.6) is 0 Å². The molecule has 0 atom stereocenters. The fourth-order valence-corrected chi connectivity index (χ4v) is 1.31.